The van der Waals surface area contributed by atoms with Crippen molar-refractivity contribution >= 4 is 10.4 Å². The van der Waals surface area contributed by atoms with Crippen molar-refractivity contribution in [3.8, 4) is 0 Å². The molecule has 23 heavy (non-hydrogen) atoms. The average molecular weight is 337 g/mol. The van der Waals surface area contributed by atoms with Crippen molar-refractivity contribution in [2.75, 3.05) is 0 Å². The zero-order valence-corrected chi connectivity index (χ0v) is 13.9. The summed E-state index contributed by atoms with van der Waals surface area (Å²) in [6, 6.07) is 20.8. The molecule has 0 aromatic heterocycles. The molecule has 0 aliphatic rings. The van der Waals surface area contributed by atoms with Crippen LogP contribution in [0.5, 0.6) is 0 Å². The standard InChI is InChI=1S/C17H21N.H2O4S/c1-2-3-14-17(18,15-10-6-4-7-11-15)16-12-8-5-9-13-16;1-5(2,3)4/h4-13H,2-3,14,18H2,1H3;(H2,1,2,3,4). The lowest BCUT2D eigenvalue weighted by atomic mass is 9.80. The first-order valence-electron chi connectivity index (χ1n) is 7.37. The molecular weight excluding hydrogens is 314 g/mol. The highest BCUT2D eigenvalue weighted by molar-refractivity contribution is 7.79. The molecule has 0 aliphatic heterocycles. The quantitative estimate of drug-likeness (QED) is 0.726. The number of rotatable bonds is 5. The van der Waals surface area contributed by atoms with Gasteiger partial charge in [0.1, 0.15) is 0 Å². The summed E-state index contributed by atoms with van der Waals surface area (Å²) in [4.78, 5) is 0. The third kappa shape index (κ3) is 6.92. The molecule has 0 bridgehead atoms. The molecule has 4 N–H and O–H groups in total. The molecule has 126 valence electrons. The molecule has 0 unspecified atom stereocenters. The van der Waals surface area contributed by atoms with E-state index in [1.807, 2.05) is 12.1 Å². The monoisotopic (exact) mass is 337 g/mol. The summed E-state index contributed by atoms with van der Waals surface area (Å²) >= 11 is 0. The highest BCUT2D eigenvalue weighted by Gasteiger charge is 2.28. The van der Waals surface area contributed by atoms with Crippen LogP contribution in [0.4, 0.5) is 0 Å². The first-order valence-corrected chi connectivity index (χ1v) is 8.77. The summed E-state index contributed by atoms with van der Waals surface area (Å²) in [6.45, 7) is 2.20. The van der Waals surface area contributed by atoms with E-state index in [0.717, 1.165) is 12.8 Å². The lowest BCUT2D eigenvalue weighted by Crippen LogP contribution is -2.37. The molecule has 2 rings (SSSR count). The van der Waals surface area contributed by atoms with Gasteiger partial charge < -0.3 is 5.73 Å². The van der Waals surface area contributed by atoms with Crippen molar-refractivity contribution in [3.05, 3.63) is 71.8 Å². The van der Waals surface area contributed by atoms with Gasteiger partial charge in [0, 0.05) is 0 Å². The van der Waals surface area contributed by atoms with E-state index in [9.17, 15) is 0 Å². The smallest absolute Gasteiger partial charge is 0.318 e. The normalized spacial score (nSPS) is 11.5. The maximum absolute atomic E-state index is 8.74. The molecule has 0 fully saturated rings. The molecule has 0 heterocycles. The van der Waals surface area contributed by atoms with Crippen molar-refractivity contribution in [2.45, 2.75) is 31.7 Å². The maximum Gasteiger partial charge on any atom is 0.394 e. The van der Waals surface area contributed by atoms with Crippen molar-refractivity contribution in [3.63, 3.8) is 0 Å². The average Bonchev–Trinajstić information content (AvgIpc) is 2.53. The van der Waals surface area contributed by atoms with Crippen LogP contribution in [0.15, 0.2) is 60.7 Å². The Kier molecular flexibility index (Phi) is 7.38. The van der Waals surface area contributed by atoms with E-state index in [-0.39, 0.29) is 5.54 Å². The summed E-state index contributed by atoms with van der Waals surface area (Å²) in [5, 5.41) is 0. The second-order valence-corrected chi connectivity index (χ2v) is 6.15. The zero-order chi connectivity index (χ0) is 17.3. The first kappa shape index (κ1) is 19.3. The number of hydrogen-bond acceptors (Lipinski definition) is 3. The van der Waals surface area contributed by atoms with Crippen LogP contribution in [0.2, 0.25) is 0 Å². The lowest BCUT2D eigenvalue weighted by Gasteiger charge is -2.31. The summed E-state index contributed by atoms with van der Waals surface area (Å²) in [6.07, 6.45) is 3.29. The Morgan fingerprint density at radius 1 is 0.913 bits per heavy atom. The molecule has 2 aromatic carbocycles. The Morgan fingerprint density at radius 2 is 1.26 bits per heavy atom. The van der Waals surface area contributed by atoms with Gasteiger partial charge in [0.2, 0.25) is 0 Å². The zero-order valence-electron chi connectivity index (χ0n) is 13.1. The predicted octanol–water partition coefficient (Wildman–Crippen LogP) is 3.43. The van der Waals surface area contributed by atoms with Crippen LogP contribution in [0.25, 0.3) is 0 Å². The third-order valence-corrected chi connectivity index (χ3v) is 3.50. The van der Waals surface area contributed by atoms with Gasteiger partial charge >= 0.3 is 10.4 Å². The molecule has 0 radical (unpaired) electrons. The lowest BCUT2D eigenvalue weighted by molar-refractivity contribution is 0.381. The van der Waals surface area contributed by atoms with E-state index in [1.54, 1.807) is 0 Å². The van der Waals surface area contributed by atoms with Crippen LogP contribution < -0.4 is 5.73 Å². The van der Waals surface area contributed by atoms with Gasteiger partial charge in [0.05, 0.1) is 5.54 Å². The fraction of sp³-hybridized carbons (Fsp3) is 0.294. The molecular formula is C17H23NO4S. The van der Waals surface area contributed by atoms with Crippen LogP contribution in [0.3, 0.4) is 0 Å². The number of nitrogens with two attached hydrogens (primary N) is 1. The maximum atomic E-state index is 8.74. The molecule has 0 atom stereocenters. The van der Waals surface area contributed by atoms with Gasteiger partial charge in [-0.25, -0.2) is 0 Å². The molecule has 0 spiro atoms. The van der Waals surface area contributed by atoms with Crippen LogP contribution >= 0.6 is 0 Å². The minimum absolute atomic E-state index is 0.363. The Bertz CT molecular complexity index is 625. The van der Waals surface area contributed by atoms with E-state index in [0.29, 0.717) is 0 Å². The van der Waals surface area contributed by atoms with Crippen LogP contribution in [-0.2, 0) is 15.9 Å². The predicted molar refractivity (Wildman–Crippen MR) is 91.6 cm³/mol. The SMILES string of the molecule is CCCCC(N)(c1ccccc1)c1ccccc1.O=S(=O)(O)O. The Balaban J connectivity index is 0.000000463. The van der Waals surface area contributed by atoms with Gasteiger partial charge in [-0.3, -0.25) is 9.11 Å². The highest BCUT2D eigenvalue weighted by Crippen LogP contribution is 2.31. The topological polar surface area (TPSA) is 101 Å². The van der Waals surface area contributed by atoms with E-state index in [2.05, 4.69) is 55.5 Å². The van der Waals surface area contributed by atoms with Gasteiger partial charge in [0.25, 0.3) is 0 Å². The first-order chi connectivity index (χ1) is 10.8. The summed E-state index contributed by atoms with van der Waals surface area (Å²) in [7, 11) is -4.67. The summed E-state index contributed by atoms with van der Waals surface area (Å²) in [5.74, 6) is 0. The molecule has 6 heteroatoms. The minimum Gasteiger partial charge on any atom is -0.318 e. The van der Waals surface area contributed by atoms with Gasteiger partial charge in [-0.15, -0.1) is 0 Å². The summed E-state index contributed by atoms with van der Waals surface area (Å²) in [5.41, 5.74) is 8.76. The van der Waals surface area contributed by atoms with E-state index >= 15 is 0 Å². The van der Waals surface area contributed by atoms with Crippen molar-refractivity contribution in [1.82, 2.24) is 0 Å². The fourth-order valence-corrected chi connectivity index (χ4v) is 2.38. The Morgan fingerprint density at radius 3 is 1.57 bits per heavy atom. The van der Waals surface area contributed by atoms with E-state index < -0.39 is 10.4 Å². The summed E-state index contributed by atoms with van der Waals surface area (Å²) < 4.78 is 31.6. The van der Waals surface area contributed by atoms with Gasteiger partial charge in [-0.1, -0.05) is 80.4 Å². The second kappa shape index (κ2) is 8.79. The third-order valence-electron chi connectivity index (χ3n) is 3.50. The van der Waals surface area contributed by atoms with E-state index in [4.69, 9.17) is 23.3 Å². The van der Waals surface area contributed by atoms with Crippen molar-refractivity contribution in [1.29, 1.82) is 0 Å². The van der Waals surface area contributed by atoms with Crippen LogP contribution in [-0.4, -0.2) is 17.5 Å². The fourth-order valence-electron chi connectivity index (χ4n) is 2.38. The highest BCUT2D eigenvalue weighted by atomic mass is 32.3. The molecule has 0 saturated carbocycles. The van der Waals surface area contributed by atoms with Crippen molar-refractivity contribution in [2.24, 2.45) is 5.73 Å². The second-order valence-electron chi connectivity index (χ2n) is 5.25. The number of unbranched alkanes of at least 4 members (excludes halogenated alkanes) is 1. The van der Waals surface area contributed by atoms with Crippen LogP contribution in [0, 0.1) is 0 Å². The molecule has 0 amide bonds. The molecule has 5 nitrogen and oxygen atoms in total. The molecule has 0 saturated heterocycles. The molecule has 0 aliphatic carbocycles. The molecule has 2 aromatic rings. The van der Waals surface area contributed by atoms with Gasteiger partial charge in [-0.2, -0.15) is 8.42 Å². The Hall–Kier alpha value is -1.73. The van der Waals surface area contributed by atoms with Gasteiger partial charge in [0.15, 0.2) is 0 Å². The van der Waals surface area contributed by atoms with Crippen LogP contribution in [0.1, 0.15) is 37.3 Å². The number of hydrogen-bond donors (Lipinski definition) is 3. The number of benzene rings is 2. The Labute approximate surface area is 137 Å². The van der Waals surface area contributed by atoms with E-state index in [1.165, 1.54) is 17.5 Å². The largest absolute Gasteiger partial charge is 0.394 e. The minimum atomic E-state index is -4.67. The van der Waals surface area contributed by atoms with Gasteiger partial charge in [-0.05, 0) is 17.5 Å². The van der Waals surface area contributed by atoms with Crippen molar-refractivity contribution < 1.29 is 17.5 Å².